The second kappa shape index (κ2) is 4.60. The van der Waals surface area contributed by atoms with Gasteiger partial charge < -0.3 is 4.74 Å². The molecule has 2 heteroatoms. The van der Waals surface area contributed by atoms with Gasteiger partial charge in [-0.05, 0) is 6.07 Å². The number of hydrogen-bond acceptors (Lipinski definition) is 1. The van der Waals surface area contributed by atoms with Crippen LogP contribution >= 0.6 is 0 Å². The Bertz CT molecular complexity index is 399. The lowest BCUT2D eigenvalue weighted by atomic mass is 10.2. The van der Waals surface area contributed by atoms with E-state index < -0.39 is 6.36 Å². The number of alkyl halides is 1. The number of halogens is 1. The van der Waals surface area contributed by atoms with Crippen molar-refractivity contribution >= 4 is 0 Å². The van der Waals surface area contributed by atoms with Crippen molar-refractivity contribution < 1.29 is 9.13 Å². The van der Waals surface area contributed by atoms with Crippen molar-refractivity contribution in [1.82, 2.24) is 0 Å². The van der Waals surface area contributed by atoms with Crippen molar-refractivity contribution in [2.45, 2.75) is 6.36 Å². The summed E-state index contributed by atoms with van der Waals surface area (Å²) in [4.78, 5) is 0. The predicted molar refractivity (Wildman–Crippen MR) is 56.2 cm³/mol. The van der Waals surface area contributed by atoms with Crippen molar-refractivity contribution in [1.29, 1.82) is 0 Å². The van der Waals surface area contributed by atoms with E-state index in [0.717, 1.165) is 0 Å². The SMILES string of the molecule is FC(Oc1[c]cccc1)c1ccccc1. The molecule has 0 fully saturated rings. The van der Waals surface area contributed by atoms with Gasteiger partial charge in [-0.25, -0.2) is 0 Å². The van der Waals surface area contributed by atoms with Crippen molar-refractivity contribution in [3.63, 3.8) is 0 Å². The van der Waals surface area contributed by atoms with Gasteiger partial charge in [0.05, 0.1) is 0 Å². The number of para-hydroxylation sites is 1. The average Bonchev–Trinajstić information content (AvgIpc) is 2.31. The molecule has 0 aliphatic heterocycles. The topological polar surface area (TPSA) is 9.23 Å². The summed E-state index contributed by atoms with van der Waals surface area (Å²) >= 11 is 0. The highest BCUT2D eigenvalue weighted by atomic mass is 19.1. The molecule has 0 spiro atoms. The van der Waals surface area contributed by atoms with Crippen LogP contribution in [0, 0.1) is 6.07 Å². The van der Waals surface area contributed by atoms with Gasteiger partial charge in [-0.3, -0.25) is 0 Å². The zero-order chi connectivity index (χ0) is 10.5. The van der Waals surface area contributed by atoms with Crippen molar-refractivity contribution in [3.8, 4) is 5.75 Å². The molecule has 1 nitrogen and oxygen atoms in total. The fourth-order valence-electron chi connectivity index (χ4n) is 1.23. The van der Waals surface area contributed by atoms with Gasteiger partial charge in [-0.15, -0.1) is 0 Å². The molecule has 2 aromatic carbocycles. The van der Waals surface area contributed by atoms with Crippen molar-refractivity contribution in [2.24, 2.45) is 0 Å². The van der Waals surface area contributed by atoms with Crippen molar-refractivity contribution in [3.05, 3.63) is 66.2 Å². The van der Waals surface area contributed by atoms with Gasteiger partial charge in [0.2, 0.25) is 0 Å². The highest BCUT2D eigenvalue weighted by molar-refractivity contribution is 5.22. The first kappa shape index (κ1) is 9.71. The number of hydrogen-bond donors (Lipinski definition) is 0. The summed E-state index contributed by atoms with van der Waals surface area (Å²) in [5.41, 5.74) is 0.509. The van der Waals surface area contributed by atoms with Gasteiger partial charge in [-0.2, -0.15) is 4.39 Å². The molecule has 0 saturated heterocycles. The summed E-state index contributed by atoms with van der Waals surface area (Å²) in [7, 11) is 0. The lowest BCUT2D eigenvalue weighted by Gasteiger charge is -2.10. The van der Waals surface area contributed by atoms with E-state index >= 15 is 0 Å². The van der Waals surface area contributed by atoms with E-state index in [1.165, 1.54) is 0 Å². The first-order chi connectivity index (χ1) is 7.36. The van der Waals surface area contributed by atoms with Crippen LogP contribution in [0.5, 0.6) is 5.75 Å². The maximum absolute atomic E-state index is 13.6. The molecule has 0 heterocycles. The number of rotatable bonds is 3. The third-order valence-electron chi connectivity index (χ3n) is 1.97. The van der Waals surface area contributed by atoms with Crippen LogP contribution in [0.4, 0.5) is 4.39 Å². The Hall–Kier alpha value is -1.83. The fraction of sp³-hybridized carbons (Fsp3) is 0.0769. The molecule has 15 heavy (non-hydrogen) atoms. The minimum Gasteiger partial charge on any atom is -0.456 e. The minimum atomic E-state index is -1.44. The minimum absolute atomic E-state index is 0.411. The Kier molecular flexibility index (Phi) is 2.98. The molecule has 0 aliphatic carbocycles. The standard InChI is InChI=1S/C13H10FO/c14-13(11-7-3-1-4-8-11)15-12-9-5-2-6-10-12/h1-9,13H. The van der Waals surface area contributed by atoms with E-state index in [1.807, 2.05) is 12.1 Å². The average molecular weight is 201 g/mol. The monoisotopic (exact) mass is 201 g/mol. The summed E-state index contributed by atoms with van der Waals surface area (Å²) in [5, 5.41) is 0. The maximum Gasteiger partial charge on any atom is 0.264 e. The largest absolute Gasteiger partial charge is 0.456 e. The Labute approximate surface area is 88.1 Å². The quantitative estimate of drug-likeness (QED) is 0.738. The summed E-state index contributed by atoms with van der Waals surface area (Å²) in [6.45, 7) is 0. The van der Waals surface area contributed by atoms with Gasteiger partial charge in [-0.1, -0.05) is 48.5 Å². The third kappa shape index (κ3) is 2.56. The van der Waals surface area contributed by atoms with Gasteiger partial charge in [0.15, 0.2) is 0 Å². The molecule has 0 amide bonds. The van der Waals surface area contributed by atoms with Crippen LogP contribution in [0.2, 0.25) is 0 Å². The first-order valence-electron chi connectivity index (χ1n) is 4.68. The molecule has 0 N–H and O–H groups in total. The molecule has 75 valence electrons. The molecule has 0 aromatic heterocycles. The Morgan fingerprint density at radius 1 is 1.00 bits per heavy atom. The van der Waals surface area contributed by atoms with Crippen LogP contribution in [0.25, 0.3) is 0 Å². The molecular weight excluding hydrogens is 191 g/mol. The molecule has 0 saturated carbocycles. The van der Waals surface area contributed by atoms with Gasteiger partial charge in [0.1, 0.15) is 5.75 Å². The summed E-state index contributed by atoms with van der Waals surface area (Å²) in [6.07, 6.45) is -1.44. The zero-order valence-corrected chi connectivity index (χ0v) is 8.06. The molecule has 0 aliphatic rings. The zero-order valence-electron chi connectivity index (χ0n) is 8.06. The van der Waals surface area contributed by atoms with E-state index in [9.17, 15) is 4.39 Å². The molecule has 0 bridgehead atoms. The lowest BCUT2D eigenvalue weighted by Crippen LogP contribution is -2.00. The third-order valence-corrected chi connectivity index (χ3v) is 1.97. The summed E-state index contributed by atoms with van der Waals surface area (Å²) < 4.78 is 18.7. The van der Waals surface area contributed by atoms with E-state index in [4.69, 9.17) is 4.74 Å². The van der Waals surface area contributed by atoms with Crippen LogP contribution in [-0.2, 0) is 0 Å². The molecule has 1 radical (unpaired) electrons. The van der Waals surface area contributed by atoms with Gasteiger partial charge >= 0.3 is 0 Å². The normalized spacial score (nSPS) is 12.1. The Balaban J connectivity index is 2.08. The molecular formula is C13H10FO. The van der Waals surface area contributed by atoms with E-state index in [1.54, 1.807) is 42.5 Å². The van der Waals surface area contributed by atoms with E-state index in [2.05, 4.69) is 6.07 Å². The van der Waals surface area contributed by atoms with Crippen LogP contribution in [0.15, 0.2) is 54.6 Å². The smallest absolute Gasteiger partial charge is 0.264 e. The summed E-state index contributed by atoms with van der Waals surface area (Å²) in [5.74, 6) is 0.411. The van der Waals surface area contributed by atoms with Crippen LogP contribution in [0.3, 0.4) is 0 Å². The molecule has 1 unspecified atom stereocenters. The highest BCUT2D eigenvalue weighted by Gasteiger charge is 2.09. The van der Waals surface area contributed by atoms with E-state index in [-0.39, 0.29) is 0 Å². The Morgan fingerprint density at radius 3 is 2.40 bits per heavy atom. The molecule has 2 aromatic rings. The van der Waals surface area contributed by atoms with Crippen LogP contribution < -0.4 is 4.74 Å². The number of ether oxygens (including phenoxy) is 1. The molecule has 1 atom stereocenters. The van der Waals surface area contributed by atoms with E-state index in [0.29, 0.717) is 11.3 Å². The Morgan fingerprint density at radius 2 is 1.73 bits per heavy atom. The first-order valence-corrected chi connectivity index (χ1v) is 4.68. The highest BCUT2D eigenvalue weighted by Crippen LogP contribution is 2.21. The van der Waals surface area contributed by atoms with Gasteiger partial charge in [0.25, 0.3) is 6.36 Å². The predicted octanol–water partition coefficient (Wildman–Crippen LogP) is 3.53. The second-order valence-electron chi connectivity index (χ2n) is 3.07. The van der Waals surface area contributed by atoms with Crippen LogP contribution in [0.1, 0.15) is 11.9 Å². The van der Waals surface area contributed by atoms with Crippen LogP contribution in [-0.4, -0.2) is 0 Å². The number of benzene rings is 2. The molecule has 2 rings (SSSR count). The second-order valence-corrected chi connectivity index (χ2v) is 3.07. The van der Waals surface area contributed by atoms with Crippen molar-refractivity contribution in [2.75, 3.05) is 0 Å². The fourth-order valence-corrected chi connectivity index (χ4v) is 1.23. The summed E-state index contributed by atoms with van der Waals surface area (Å²) in [6, 6.07) is 18.5. The lowest BCUT2D eigenvalue weighted by molar-refractivity contribution is 0.0669. The maximum atomic E-state index is 13.6. The van der Waals surface area contributed by atoms with Gasteiger partial charge in [0, 0.05) is 11.6 Å².